The van der Waals surface area contributed by atoms with E-state index in [9.17, 15) is 4.79 Å². The third-order valence-corrected chi connectivity index (χ3v) is 2.89. The molecule has 1 saturated heterocycles. The summed E-state index contributed by atoms with van der Waals surface area (Å²) in [6.07, 6.45) is 1.28. The lowest BCUT2D eigenvalue weighted by Crippen LogP contribution is -2.45. The monoisotopic (exact) mass is 268 g/mol. The van der Waals surface area contributed by atoms with Gasteiger partial charge in [0.15, 0.2) is 5.69 Å². The number of ether oxygens (including phenoxy) is 2. The molecule has 106 valence electrons. The molecule has 1 aliphatic rings. The number of aromatic nitrogens is 1. The summed E-state index contributed by atoms with van der Waals surface area (Å²) in [5.41, 5.74) is 0.190. The van der Waals surface area contributed by atoms with Crippen LogP contribution in [0.15, 0.2) is 16.9 Å². The number of carbonyl (C=O) groups is 1. The molecule has 6 nitrogen and oxygen atoms in total. The summed E-state index contributed by atoms with van der Waals surface area (Å²) in [6.45, 7) is 8.08. The predicted molar refractivity (Wildman–Crippen MR) is 67.8 cm³/mol. The first-order valence-electron chi connectivity index (χ1n) is 6.56. The molecule has 1 atom stereocenters. The van der Waals surface area contributed by atoms with Crippen LogP contribution in [0.1, 0.15) is 24.3 Å². The maximum Gasteiger partial charge on any atom is 0.360 e. The average Bonchev–Trinajstić information content (AvgIpc) is 2.89. The molecule has 0 amide bonds. The Balaban J connectivity index is 1.75. The summed E-state index contributed by atoms with van der Waals surface area (Å²) in [5, 5.41) is 3.53. The molecule has 0 aliphatic carbocycles. The van der Waals surface area contributed by atoms with Crippen molar-refractivity contribution in [3.05, 3.63) is 18.0 Å². The Bertz CT molecular complexity index is 391. The van der Waals surface area contributed by atoms with Crippen molar-refractivity contribution in [1.82, 2.24) is 10.1 Å². The quantitative estimate of drug-likeness (QED) is 0.747. The molecular weight excluding hydrogens is 248 g/mol. The van der Waals surface area contributed by atoms with Gasteiger partial charge in [-0.05, 0) is 5.92 Å². The molecule has 0 N–H and O–H groups in total. The van der Waals surface area contributed by atoms with Crippen molar-refractivity contribution in [2.75, 3.05) is 32.8 Å². The third-order valence-electron chi connectivity index (χ3n) is 2.89. The van der Waals surface area contributed by atoms with Crippen molar-refractivity contribution in [3.8, 4) is 0 Å². The van der Waals surface area contributed by atoms with Gasteiger partial charge in [-0.2, -0.15) is 0 Å². The average molecular weight is 268 g/mol. The smallest absolute Gasteiger partial charge is 0.360 e. The Labute approximate surface area is 112 Å². The van der Waals surface area contributed by atoms with Gasteiger partial charge in [0.1, 0.15) is 19.0 Å². The lowest BCUT2D eigenvalue weighted by Gasteiger charge is -2.33. The first-order valence-corrected chi connectivity index (χ1v) is 6.56. The van der Waals surface area contributed by atoms with Gasteiger partial charge in [-0.1, -0.05) is 19.0 Å². The molecule has 2 heterocycles. The van der Waals surface area contributed by atoms with Crippen LogP contribution in [0.5, 0.6) is 0 Å². The zero-order valence-electron chi connectivity index (χ0n) is 11.4. The second-order valence-corrected chi connectivity index (χ2v) is 5.13. The third kappa shape index (κ3) is 4.33. The van der Waals surface area contributed by atoms with Gasteiger partial charge >= 0.3 is 5.97 Å². The molecule has 0 bridgehead atoms. The minimum absolute atomic E-state index is 0.0663. The van der Waals surface area contributed by atoms with Gasteiger partial charge in [0, 0.05) is 25.7 Å². The predicted octanol–water partition coefficient (Wildman–Crippen LogP) is 1.19. The van der Waals surface area contributed by atoms with Gasteiger partial charge in [-0.3, -0.25) is 4.90 Å². The highest BCUT2D eigenvalue weighted by atomic mass is 16.6. The summed E-state index contributed by atoms with van der Waals surface area (Å²) in [4.78, 5) is 13.9. The van der Waals surface area contributed by atoms with Crippen LogP contribution in [-0.4, -0.2) is 55.0 Å². The molecule has 2 rings (SSSR count). The number of morpholine rings is 1. The fourth-order valence-corrected chi connectivity index (χ4v) is 2.12. The van der Waals surface area contributed by atoms with Crippen LogP contribution in [0.2, 0.25) is 0 Å². The second kappa shape index (κ2) is 6.68. The van der Waals surface area contributed by atoms with E-state index in [0.717, 1.165) is 19.6 Å². The van der Waals surface area contributed by atoms with Gasteiger partial charge in [0.2, 0.25) is 0 Å². The fourth-order valence-electron chi connectivity index (χ4n) is 2.12. The number of hydrogen-bond acceptors (Lipinski definition) is 6. The largest absolute Gasteiger partial charge is 0.458 e. The van der Waals surface area contributed by atoms with E-state index in [1.807, 2.05) is 0 Å². The van der Waals surface area contributed by atoms with Gasteiger partial charge < -0.3 is 14.0 Å². The normalized spacial score (nSPS) is 20.7. The molecule has 0 spiro atoms. The van der Waals surface area contributed by atoms with Crippen molar-refractivity contribution in [2.24, 2.45) is 5.92 Å². The lowest BCUT2D eigenvalue weighted by atomic mass is 10.2. The van der Waals surface area contributed by atoms with Crippen molar-refractivity contribution < 1.29 is 18.8 Å². The van der Waals surface area contributed by atoms with Crippen LogP contribution in [-0.2, 0) is 9.47 Å². The summed E-state index contributed by atoms with van der Waals surface area (Å²) in [7, 11) is 0. The van der Waals surface area contributed by atoms with E-state index < -0.39 is 5.97 Å². The molecule has 0 radical (unpaired) electrons. The minimum atomic E-state index is -0.474. The first-order chi connectivity index (χ1) is 9.15. The fraction of sp³-hybridized carbons (Fsp3) is 0.692. The molecule has 0 saturated carbocycles. The maximum atomic E-state index is 11.6. The number of carbonyl (C=O) groups excluding carboxylic acids is 1. The number of hydrogen-bond donors (Lipinski definition) is 0. The molecular formula is C13H20N2O4. The van der Waals surface area contributed by atoms with Crippen LogP contribution >= 0.6 is 0 Å². The lowest BCUT2D eigenvalue weighted by molar-refractivity contribution is -0.0614. The Kier molecular flexibility index (Phi) is 4.93. The van der Waals surface area contributed by atoms with E-state index in [-0.39, 0.29) is 18.4 Å². The standard InChI is InChI=1S/C13H20N2O4/c1-10(2)7-15-4-6-17-11(8-15)9-18-13(16)12-3-5-19-14-12/h3,5,10-11H,4,6-9H2,1-2H3/t11-/m1/s1. The topological polar surface area (TPSA) is 64.8 Å². The van der Waals surface area contributed by atoms with E-state index in [1.165, 1.54) is 12.3 Å². The van der Waals surface area contributed by atoms with Crippen molar-refractivity contribution in [3.63, 3.8) is 0 Å². The molecule has 1 aliphatic heterocycles. The van der Waals surface area contributed by atoms with Crippen molar-refractivity contribution in [1.29, 1.82) is 0 Å². The molecule has 19 heavy (non-hydrogen) atoms. The number of nitrogens with zero attached hydrogens (tertiary/aromatic N) is 2. The van der Waals surface area contributed by atoms with Gasteiger partial charge in [0.05, 0.1) is 6.61 Å². The highest BCUT2D eigenvalue weighted by molar-refractivity contribution is 5.86. The van der Waals surface area contributed by atoms with Crippen LogP contribution in [0.25, 0.3) is 0 Å². The summed E-state index contributed by atoms with van der Waals surface area (Å²) in [6, 6.07) is 1.48. The molecule has 1 aromatic heterocycles. The van der Waals surface area contributed by atoms with Crippen molar-refractivity contribution in [2.45, 2.75) is 20.0 Å². The van der Waals surface area contributed by atoms with Crippen LogP contribution in [0.3, 0.4) is 0 Å². The molecule has 0 unspecified atom stereocenters. The highest BCUT2D eigenvalue weighted by Crippen LogP contribution is 2.09. The Morgan fingerprint density at radius 3 is 3.16 bits per heavy atom. The molecule has 6 heteroatoms. The first kappa shape index (κ1) is 14.0. The maximum absolute atomic E-state index is 11.6. The van der Waals surface area contributed by atoms with E-state index >= 15 is 0 Å². The van der Waals surface area contributed by atoms with Crippen LogP contribution in [0.4, 0.5) is 0 Å². The zero-order chi connectivity index (χ0) is 13.7. The van der Waals surface area contributed by atoms with Gasteiger partial charge in [0.25, 0.3) is 0 Å². The van der Waals surface area contributed by atoms with Gasteiger partial charge in [-0.25, -0.2) is 4.79 Å². The van der Waals surface area contributed by atoms with Crippen molar-refractivity contribution >= 4 is 5.97 Å². The molecule has 1 aromatic rings. The number of rotatable bonds is 5. The van der Waals surface area contributed by atoms with E-state index in [4.69, 9.17) is 9.47 Å². The minimum Gasteiger partial charge on any atom is -0.458 e. The number of esters is 1. The van der Waals surface area contributed by atoms with Crippen LogP contribution < -0.4 is 0 Å². The molecule has 0 aromatic carbocycles. The Morgan fingerprint density at radius 2 is 2.47 bits per heavy atom. The van der Waals surface area contributed by atoms with E-state index in [2.05, 4.69) is 28.4 Å². The summed E-state index contributed by atoms with van der Waals surface area (Å²) < 4.78 is 15.4. The zero-order valence-corrected chi connectivity index (χ0v) is 11.4. The SMILES string of the molecule is CC(C)CN1CCO[C@@H](COC(=O)c2ccon2)C1. The Hall–Kier alpha value is -1.40. The molecule has 1 fully saturated rings. The highest BCUT2D eigenvalue weighted by Gasteiger charge is 2.23. The van der Waals surface area contributed by atoms with Gasteiger partial charge in [-0.15, -0.1) is 0 Å². The van der Waals surface area contributed by atoms with E-state index in [0.29, 0.717) is 12.5 Å². The Morgan fingerprint density at radius 1 is 1.63 bits per heavy atom. The summed E-state index contributed by atoms with van der Waals surface area (Å²) in [5.74, 6) is 0.148. The summed E-state index contributed by atoms with van der Waals surface area (Å²) >= 11 is 0. The second-order valence-electron chi connectivity index (χ2n) is 5.13. The van der Waals surface area contributed by atoms with Crippen LogP contribution in [0, 0.1) is 5.92 Å². The van der Waals surface area contributed by atoms with E-state index in [1.54, 1.807) is 0 Å².